The molecule has 1 heteroatoms. The Morgan fingerprint density at radius 1 is 1.18 bits per heavy atom. The highest BCUT2D eigenvalue weighted by molar-refractivity contribution is 6.21. The number of allylic oxidation sites excluding steroid dienone is 1. The van der Waals surface area contributed by atoms with Crippen molar-refractivity contribution in [3.8, 4) is 0 Å². The van der Waals surface area contributed by atoms with Crippen molar-refractivity contribution in [2.24, 2.45) is 11.8 Å². The third-order valence-corrected chi connectivity index (χ3v) is 4.96. The molecule has 1 nitrogen and oxygen atoms in total. The van der Waals surface area contributed by atoms with Crippen LogP contribution in [0.25, 0.3) is 11.6 Å². The minimum absolute atomic E-state index is 0.159. The molecule has 2 unspecified atom stereocenters. The van der Waals surface area contributed by atoms with Gasteiger partial charge in [0.1, 0.15) is 0 Å². The largest absolute Gasteiger partial charge is 0.294 e. The summed E-state index contributed by atoms with van der Waals surface area (Å²) < 4.78 is 0. The number of ketones is 1. The molecule has 0 N–H and O–H groups in total. The van der Waals surface area contributed by atoms with Gasteiger partial charge in [0.2, 0.25) is 0 Å². The van der Waals surface area contributed by atoms with E-state index in [9.17, 15) is 4.79 Å². The Morgan fingerprint density at radius 2 is 1.77 bits per heavy atom. The average Bonchev–Trinajstić information content (AvgIpc) is 2.52. The Morgan fingerprint density at radius 3 is 2.32 bits per heavy atom. The van der Waals surface area contributed by atoms with Crippen LogP contribution in [0.4, 0.5) is 0 Å². The van der Waals surface area contributed by atoms with Gasteiger partial charge in [-0.25, -0.2) is 0 Å². The van der Waals surface area contributed by atoms with Gasteiger partial charge in [-0.3, -0.25) is 4.79 Å². The highest BCUT2D eigenvalue weighted by Crippen LogP contribution is 2.29. The summed E-state index contributed by atoms with van der Waals surface area (Å²) in [6.45, 7) is 18.7. The molecule has 0 aliphatic heterocycles. The van der Waals surface area contributed by atoms with Crippen LogP contribution in [0.5, 0.6) is 0 Å². The van der Waals surface area contributed by atoms with E-state index in [1.54, 1.807) is 0 Å². The predicted octanol–water partition coefficient (Wildman–Crippen LogP) is 5.99. The van der Waals surface area contributed by atoms with Crippen molar-refractivity contribution in [2.45, 2.75) is 53.9 Å². The second kappa shape index (κ2) is 8.12. The zero-order valence-electron chi connectivity index (χ0n) is 14.8. The third-order valence-electron chi connectivity index (χ3n) is 4.96. The number of aryl methyl sites for hydroxylation is 2. The first-order valence-corrected chi connectivity index (χ1v) is 8.28. The van der Waals surface area contributed by atoms with Crippen LogP contribution >= 0.6 is 0 Å². The predicted molar refractivity (Wildman–Crippen MR) is 97.9 cm³/mol. The van der Waals surface area contributed by atoms with Gasteiger partial charge >= 0.3 is 0 Å². The molecule has 2 atom stereocenters. The Balaban J connectivity index is 2.91. The molecule has 0 heterocycles. The van der Waals surface area contributed by atoms with Gasteiger partial charge in [0.05, 0.1) is 0 Å². The van der Waals surface area contributed by atoms with E-state index < -0.39 is 0 Å². The molecular weight excluding hydrogens is 268 g/mol. The molecule has 0 aliphatic carbocycles. The van der Waals surface area contributed by atoms with Crippen molar-refractivity contribution in [1.29, 1.82) is 0 Å². The topological polar surface area (TPSA) is 17.1 Å². The molecule has 0 aromatic heterocycles. The van der Waals surface area contributed by atoms with E-state index in [0.29, 0.717) is 23.8 Å². The van der Waals surface area contributed by atoms with Crippen LogP contribution in [0.15, 0.2) is 25.3 Å². The summed E-state index contributed by atoms with van der Waals surface area (Å²) in [6, 6.07) is 4.12. The number of carbonyl (C=O) groups excluding carboxylic acids is 1. The Kier molecular flexibility index (Phi) is 6.80. The fraction of sp³-hybridized carbons (Fsp3) is 0.476. The number of hydrogen-bond acceptors (Lipinski definition) is 1. The smallest absolute Gasteiger partial charge is 0.162 e. The van der Waals surface area contributed by atoms with Crippen molar-refractivity contribution < 1.29 is 4.79 Å². The van der Waals surface area contributed by atoms with Gasteiger partial charge in [-0.1, -0.05) is 58.6 Å². The summed E-state index contributed by atoms with van der Waals surface area (Å²) in [5, 5.41) is 0. The van der Waals surface area contributed by atoms with Crippen molar-refractivity contribution in [3.63, 3.8) is 0 Å². The molecule has 0 saturated carbocycles. The summed E-state index contributed by atoms with van der Waals surface area (Å²) in [7, 11) is 0. The van der Waals surface area contributed by atoms with Gasteiger partial charge in [0, 0.05) is 12.0 Å². The van der Waals surface area contributed by atoms with E-state index >= 15 is 0 Å². The molecular formula is C21H30O. The molecule has 1 rings (SSSR count). The first-order valence-electron chi connectivity index (χ1n) is 8.28. The number of carbonyl (C=O) groups is 1. The summed E-state index contributed by atoms with van der Waals surface area (Å²) in [6.07, 6.45) is 4.50. The van der Waals surface area contributed by atoms with Gasteiger partial charge in [0.15, 0.2) is 5.78 Å². The third kappa shape index (κ3) is 4.19. The Bertz CT molecular complexity index is 566. The summed E-state index contributed by atoms with van der Waals surface area (Å²) in [4.78, 5) is 12.6. The normalized spacial score (nSPS) is 13.5. The molecule has 0 bridgehead atoms. The molecule has 22 heavy (non-hydrogen) atoms. The van der Waals surface area contributed by atoms with Gasteiger partial charge in [-0.15, -0.1) is 0 Å². The van der Waals surface area contributed by atoms with Crippen molar-refractivity contribution in [2.75, 3.05) is 0 Å². The standard InChI is InChI=1S/C21H30O/c1-8-14(3)15(4)12-13-20(22)18(7)21-17(6)11-10-16(5)19(21)9-2/h9-11,14-15H,2,7-8,12-13H2,1,3-6H3. The fourth-order valence-electron chi connectivity index (χ4n) is 2.83. The van der Waals surface area contributed by atoms with Crippen LogP contribution in [0.3, 0.4) is 0 Å². The van der Waals surface area contributed by atoms with E-state index in [4.69, 9.17) is 0 Å². The minimum atomic E-state index is 0.159. The van der Waals surface area contributed by atoms with Crippen LogP contribution in [0.2, 0.25) is 0 Å². The van der Waals surface area contributed by atoms with Crippen LogP contribution in [-0.2, 0) is 4.79 Å². The molecule has 1 aromatic carbocycles. The molecule has 120 valence electrons. The van der Waals surface area contributed by atoms with E-state index in [1.165, 1.54) is 0 Å². The quantitative estimate of drug-likeness (QED) is 0.539. The van der Waals surface area contributed by atoms with Gasteiger partial charge in [-0.05, 0) is 54.4 Å². The van der Waals surface area contributed by atoms with Crippen LogP contribution < -0.4 is 0 Å². The molecule has 0 amide bonds. The van der Waals surface area contributed by atoms with E-state index in [2.05, 4.69) is 46.1 Å². The highest BCUT2D eigenvalue weighted by Gasteiger charge is 2.18. The first-order chi connectivity index (χ1) is 10.3. The fourth-order valence-corrected chi connectivity index (χ4v) is 2.83. The zero-order chi connectivity index (χ0) is 16.9. The van der Waals surface area contributed by atoms with Crippen LogP contribution in [0, 0.1) is 25.7 Å². The molecule has 0 spiro atoms. The van der Waals surface area contributed by atoms with Crippen LogP contribution in [0.1, 0.15) is 62.3 Å². The molecule has 1 aromatic rings. The Hall–Kier alpha value is -1.63. The first kappa shape index (κ1) is 18.4. The lowest BCUT2D eigenvalue weighted by molar-refractivity contribution is -0.114. The maximum absolute atomic E-state index is 12.6. The van der Waals surface area contributed by atoms with Crippen LogP contribution in [-0.4, -0.2) is 5.78 Å². The second-order valence-electron chi connectivity index (χ2n) is 6.50. The molecule has 0 fully saturated rings. The number of Topliss-reactive ketones (excluding diaryl/α,β-unsaturated/α-hetero) is 1. The average molecular weight is 298 g/mol. The van der Waals surface area contributed by atoms with Gasteiger partial charge < -0.3 is 0 Å². The van der Waals surface area contributed by atoms with Crippen molar-refractivity contribution in [1.82, 2.24) is 0 Å². The second-order valence-corrected chi connectivity index (χ2v) is 6.50. The maximum Gasteiger partial charge on any atom is 0.162 e. The summed E-state index contributed by atoms with van der Waals surface area (Å²) >= 11 is 0. The maximum atomic E-state index is 12.6. The highest BCUT2D eigenvalue weighted by atomic mass is 16.1. The monoisotopic (exact) mass is 298 g/mol. The van der Waals surface area contributed by atoms with E-state index in [0.717, 1.165) is 35.1 Å². The summed E-state index contributed by atoms with van der Waals surface area (Å²) in [5.41, 5.74) is 4.86. The lowest BCUT2D eigenvalue weighted by Crippen LogP contribution is -2.11. The minimum Gasteiger partial charge on any atom is -0.294 e. The lowest BCUT2D eigenvalue weighted by Gasteiger charge is -2.19. The summed E-state index contributed by atoms with van der Waals surface area (Å²) in [5.74, 6) is 1.39. The van der Waals surface area contributed by atoms with Gasteiger partial charge in [0.25, 0.3) is 0 Å². The Labute approximate surface area is 136 Å². The van der Waals surface area contributed by atoms with E-state index in [-0.39, 0.29) is 5.78 Å². The van der Waals surface area contributed by atoms with E-state index in [1.807, 2.05) is 19.9 Å². The lowest BCUT2D eigenvalue weighted by atomic mass is 9.86. The SMILES string of the molecule is C=Cc1c(C)ccc(C)c1C(=C)C(=O)CCC(C)C(C)CC. The van der Waals surface area contributed by atoms with Gasteiger partial charge in [-0.2, -0.15) is 0 Å². The molecule has 0 radical (unpaired) electrons. The number of rotatable bonds is 8. The number of hydrogen-bond donors (Lipinski definition) is 0. The number of benzene rings is 1. The van der Waals surface area contributed by atoms with Crippen molar-refractivity contribution >= 4 is 17.4 Å². The zero-order valence-corrected chi connectivity index (χ0v) is 14.8. The van der Waals surface area contributed by atoms with Crippen molar-refractivity contribution in [3.05, 3.63) is 47.5 Å². The molecule has 0 aliphatic rings. The molecule has 0 saturated heterocycles.